The van der Waals surface area contributed by atoms with Gasteiger partial charge in [0.1, 0.15) is 12.1 Å². The first-order valence-corrected chi connectivity index (χ1v) is 7.67. The lowest BCUT2D eigenvalue weighted by Crippen LogP contribution is -2.33. The summed E-state index contributed by atoms with van der Waals surface area (Å²) in [6.45, 7) is 7.71. The van der Waals surface area contributed by atoms with E-state index in [0.29, 0.717) is 13.2 Å². The Morgan fingerprint density at radius 3 is 3.00 bits per heavy atom. The fourth-order valence-corrected chi connectivity index (χ4v) is 3.09. The highest BCUT2D eigenvalue weighted by molar-refractivity contribution is 5.92. The molecule has 3 rings (SSSR count). The van der Waals surface area contributed by atoms with Crippen molar-refractivity contribution in [2.45, 2.75) is 27.2 Å². The minimum Gasteiger partial charge on any atom is -0.466 e. The third-order valence-electron chi connectivity index (χ3n) is 4.39. The molecule has 5 heteroatoms. The molecule has 1 fully saturated rings. The van der Waals surface area contributed by atoms with Crippen LogP contribution in [-0.2, 0) is 9.53 Å². The Balaban J connectivity index is 1.94. The second-order valence-electron chi connectivity index (χ2n) is 6.12. The third-order valence-corrected chi connectivity index (χ3v) is 4.39. The SMILES string of the molecule is CCOC(=O)C1(C)CCN(c2ncnc3c(C)cccc23)C1. The highest BCUT2D eigenvalue weighted by atomic mass is 16.5. The third kappa shape index (κ3) is 2.40. The fraction of sp³-hybridized carbons (Fsp3) is 0.471. The van der Waals surface area contributed by atoms with Crippen LogP contribution < -0.4 is 4.90 Å². The van der Waals surface area contributed by atoms with Gasteiger partial charge in [-0.25, -0.2) is 9.97 Å². The zero-order chi connectivity index (χ0) is 15.7. The van der Waals surface area contributed by atoms with Gasteiger partial charge in [-0.3, -0.25) is 4.79 Å². The first-order chi connectivity index (χ1) is 10.5. The summed E-state index contributed by atoms with van der Waals surface area (Å²) in [6, 6.07) is 6.11. The number of hydrogen-bond donors (Lipinski definition) is 0. The molecule has 22 heavy (non-hydrogen) atoms. The molecule has 0 N–H and O–H groups in total. The molecule has 1 unspecified atom stereocenters. The van der Waals surface area contributed by atoms with Gasteiger partial charge in [-0.15, -0.1) is 0 Å². The predicted molar refractivity (Wildman–Crippen MR) is 85.8 cm³/mol. The Kier molecular flexibility index (Phi) is 3.72. The Labute approximate surface area is 130 Å². The number of hydrogen-bond acceptors (Lipinski definition) is 5. The van der Waals surface area contributed by atoms with Crippen LogP contribution in [0.25, 0.3) is 10.9 Å². The number of benzene rings is 1. The van der Waals surface area contributed by atoms with Gasteiger partial charge in [-0.05, 0) is 38.8 Å². The lowest BCUT2D eigenvalue weighted by Gasteiger charge is -2.23. The van der Waals surface area contributed by atoms with Crippen molar-refractivity contribution in [3.63, 3.8) is 0 Å². The molecular formula is C17H21N3O2. The van der Waals surface area contributed by atoms with E-state index < -0.39 is 5.41 Å². The lowest BCUT2D eigenvalue weighted by molar-refractivity contribution is -0.153. The van der Waals surface area contributed by atoms with Crippen molar-refractivity contribution in [2.75, 3.05) is 24.6 Å². The number of para-hydroxylation sites is 1. The van der Waals surface area contributed by atoms with E-state index in [0.717, 1.165) is 35.2 Å². The van der Waals surface area contributed by atoms with Crippen molar-refractivity contribution in [1.29, 1.82) is 0 Å². The monoisotopic (exact) mass is 299 g/mol. The largest absolute Gasteiger partial charge is 0.466 e. The average molecular weight is 299 g/mol. The molecule has 1 aromatic heterocycles. The summed E-state index contributed by atoms with van der Waals surface area (Å²) in [6.07, 6.45) is 2.38. The molecule has 116 valence electrons. The van der Waals surface area contributed by atoms with Gasteiger partial charge in [0.2, 0.25) is 0 Å². The van der Waals surface area contributed by atoms with Crippen molar-refractivity contribution in [2.24, 2.45) is 5.41 Å². The first kappa shape index (κ1) is 14.8. The molecule has 2 aromatic rings. The molecular weight excluding hydrogens is 278 g/mol. The summed E-state index contributed by atoms with van der Waals surface area (Å²) in [5.41, 5.74) is 1.64. The normalized spacial score (nSPS) is 21.3. The number of carbonyl (C=O) groups is 1. The number of anilines is 1. The molecule has 0 saturated carbocycles. The predicted octanol–water partition coefficient (Wildman–Crippen LogP) is 2.72. The molecule has 2 heterocycles. The fourth-order valence-electron chi connectivity index (χ4n) is 3.09. The van der Waals surface area contributed by atoms with Crippen LogP contribution in [0.3, 0.4) is 0 Å². The average Bonchev–Trinajstić information content (AvgIpc) is 2.91. The second kappa shape index (κ2) is 5.55. The van der Waals surface area contributed by atoms with Gasteiger partial charge >= 0.3 is 5.97 Å². The van der Waals surface area contributed by atoms with E-state index in [2.05, 4.69) is 14.9 Å². The summed E-state index contributed by atoms with van der Waals surface area (Å²) >= 11 is 0. The van der Waals surface area contributed by atoms with Crippen molar-refractivity contribution in [3.8, 4) is 0 Å². The maximum Gasteiger partial charge on any atom is 0.313 e. The molecule has 5 nitrogen and oxygen atoms in total. The van der Waals surface area contributed by atoms with Crippen LogP contribution in [-0.4, -0.2) is 35.6 Å². The Bertz CT molecular complexity index is 716. The van der Waals surface area contributed by atoms with Crippen LogP contribution in [0.15, 0.2) is 24.5 Å². The van der Waals surface area contributed by atoms with Crippen LogP contribution in [0.4, 0.5) is 5.82 Å². The van der Waals surface area contributed by atoms with E-state index in [-0.39, 0.29) is 5.97 Å². The molecule has 1 saturated heterocycles. The minimum absolute atomic E-state index is 0.118. The topological polar surface area (TPSA) is 55.3 Å². The first-order valence-electron chi connectivity index (χ1n) is 7.67. The number of aryl methyl sites for hydroxylation is 1. The summed E-state index contributed by atoms with van der Waals surface area (Å²) in [5.74, 6) is 0.786. The quantitative estimate of drug-likeness (QED) is 0.816. The molecule has 0 aliphatic carbocycles. The highest BCUT2D eigenvalue weighted by Crippen LogP contribution is 2.36. The van der Waals surface area contributed by atoms with E-state index >= 15 is 0 Å². The van der Waals surface area contributed by atoms with Gasteiger partial charge in [0.05, 0.1) is 17.5 Å². The molecule has 1 aliphatic heterocycles. The zero-order valence-electron chi connectivity index (χ0n) is 13.3. The number of ether oxygens (including phenoxy) is 1. The molecule has 0 amide bonds. The van der Waals surface area contributed by atoms with Crippen LogP contribution >= 0.6 is 0 Å². The standard InChI is InChI=1S/C17H21N3O2/c1-4-22-16(21)17(3)8-9-20(10-17)15-13-7-5-6-12(2)14(13)18-11-19-15/h5-7,11H,4,8-10H2,1-3H3. The van der Waals surface area contributed by atoms with Crippen molar-refractivity contribution in [3.05, 3.63) is 30.1 Å². The van der Waals surface area contributed by atoms with E-state index in [4.69, 9.17) is 4.74 Å². The number of fused-ring (bicyclic) bond motifs is 1. The number of rotatable bonds is 3. The maximum atomic E-state index is 12.2. The van der Waals surface area contributed by atoms with E-state index in [1.807, 2.05) is 39.0 Å². The van der Waals surface area contributed by atoms with Gasteiger partial charge in [-0.2, -0.15) is 0 Å². The Morgan fingerprint density at radius 2 is 2.23 bits per heavy atom. The number of carbonyl (C=O) groups excluding carboxylic acids is 1. The van der Waals surface area contributed by atoms with Crippen molar-refractivity contribution < 1.29 is 9.53 Å². The van der Waals surface area contributed by atoms with Gasteiger partial charge < -0.3 is 9.64 Å². The van der Waals surface area contributed by atoms with Gasteiger partial charge in [0, 0.05) is 18.5 Å². The van der Waals surface area contributed by atoms with E-state index in [9.17, 15) is 4.79 Å². The van der Waals surface area contributed by atoms with Crippen molar-refractivity contribution in [1.82, 2.24) is 9.97 Å². The smallest absolute Gasteiger partial charge is 0.313 e. The number of aromatic nitrogens is 2. The summed E-state index contributed by atoms with van der Waals surface area (Å²) in [7, 11) is 0. The molecule has 1 aromatic carbocycles. The second-order valence-corrected chi connectivity index (χ2v) is 6.12. The lowest BCUT2D eigenvalue weighted by atomic mass is 9.90. The molecule has 0 bridgehead atoms. The molecule has 1 atom stereocenters. The summed E-state index contributed by atoms with van der Waals surface area (Å²) in [4.78, 5) is 23.2. The Morgan fingerprint density at radius 1 is 1.41 bits per heavy atom. The maximum absolute atomic E-state index is 12.2. The van der Waals surface area contributed by atoms with Gasteiger partial charge in [0.25, 0.3) is 0 Å². The minimum atomic E-state index is -0.461. The van der Waals surface area contributed by atoms with E-state index in [1.54, 1.807) is 6.33 Å². The molecule has 0 radical (unpaired) electrons. The van der Waals surface area contributed by atoms with Crippen molar-refractivity contribution >= 4 is 22.7 Å². The van der Waals surface area contributed by atoms with Gasteiger partial charge in [0.15, 0.2) is 0 Å². The highest BCUT2D eigenvalue weighted by Gasteiger charge is 2.42. The number of nitrogens with zero attached hydrogens (tertiary/aromatic N) is 3. The van der Waals surface area contributed by atoms with Crippen LogP contribution in [0.5, 0.6) is 0 Å². The van der Waals surface area contributed by atoms with Crippen LogP contribution in [0, 0.1) is 12.3 Å². The summed E-state index contributed by atoms with van der Waals surface area (Å²) in [5, 5.41) is 1.04. The molecule has 0 spiro atoms. The molecule has 1 aliphatic rings. The Hall–Kier alpha value is -2.17. The van der Waals surface area contributed by atoms with Crippen LogP contribution in [0.2, 0.25) is 0 Å². The number of esters is 1. The van der Waals surface area contributed by atoms with Crippen LogP contribution in [0.1, 0.15) is 25.8 Å². The van der Waals surface area contributed by atoms with E-state index in [1.165, 1.54) is 0 Å². The van der Waals surface area contributed by atoms with Gasteiger partial charge in [-0.1, -0.05) is 12.1 Å². The zero-order valence-corrected chi connectivity index (χ0v) is 13.3. The summed E-state index contributed by atoms with van der Waals surface area (Å²) < 4.78 is 5.22.